The number of aliphatic carboxylic acids is 1. The van der Waals surface area contributed by atoms with E-state index in [0.29, 0.717) is 12.2 Å². The van der Waals surface area contributed by atoms with Gasteiger partial charge in [-0.2, -0.15) is 0 Å². The van der Waals surface area contributed by atoms with Crippen LogP contribution in [0.5, 0.6) is 0 Å². The van der Waals surface area contributed by atoms with Gasteiger partial charge in [-0.1, -0.05) is 55.5 Å². The number of allylic oxidation sites excluding steroid dienone is 7. The smallest absolute Gasteiger partial charge is 0.303 e. The first-order valence-electron chi connectivity index (χ1n) is 8.71. The molecule has 1 aliphatic heterocycles. The van der Waals surface area contributed by atoms with Crippen LogP contribution in [-0.4, -0.2) is 23.3 Å². The zero-order valence-corrected chi connectivity index (χ0v) is 14.2. The Balaban J connectivity index is 1.90. The van der Waals surface area contributed by atoms with Crippen LogP contribution < -0.4 is 0 Å². The van der Waals surface area contributed by atoms with Crippen molar-refractivity contribution in [1.29, 1.82) is 0 Å². The van der Waals surface area contributed by atoms with Crippen molar-refractivity contribution >= 4 is 5.97 Å². The molecule has 0 aromatic rings. The molecule has 128 valence electrons. The minimum atomic E-state index is -0.717. The molecule has 1 saturated heterocycles. The highest BCUT2D eigenvalue weighted by Gasteiger charge is 2.35. The number of carboxylic acid groups (broad SMARTS) is 1. The summed E-state index contributed by atoms with van der Waals surface area (Å²) >= 11 is 0. The molecular formula is C20H30O3. The van der Waals surface area contributed by atoms with E-state index in [0.717, 1.165) is 44.9 Å². The fourth-order valence-corrected chi connectivity index (χ4v) is 2.28. The van der Waals surface area contributed by atoms with Gasteiger partial charge >= 0.3 is 5.97 Å². The lowest BCUT2D eigenvalue weighted by Crippen LogP contribution is -1.92. The van der Waals surface area contributed by atoms with Crippen LogP contribution in [0.2, 0.25) is 0 Å². The molecule has 1 aliphatic rings. The molecule has 1 fully saturated rings. The summed E-state index contributed by atoms with van der Waals surface area (Å²) in [6.07, 6.45) is 25.1. The van der Waals surface area contributed by atoms with Crippen LogP contribution in [0.4, 0.5) is 0 Å². The molecule has 0 unspecified atom stereocenters. The highest BCUT2D eigenvalue weighted by Crippen LogP contribution is 2.28. The summed E-state index contributed by atoms with van der Waals surface area (Å²) in [6.45, 7) is 2.17. The molecule has 0 saturated carbocycles. The second-order valence-electron chi connectivity index (χ2n) is 5.74. The minimum Gasteiger partial charge on any atom is -0.481 e. The summed E-state index contributed by atoms with van der Waals surface area (Å²) < 4.78 is 5.48. The van der Waals surface area contributed by atoms with Crippen LogP contribution in [-0.2, 0) is 9.53 Å². The maximum Gasteiger partial charge on any atom is 0.303 e. The van der Waals surface area contributed by atoms with Crippen molar-refractivity contribution in [2.45, 2.75) is 70.5 Å². The number of hydrogen-bond donors (Lipinski definition) is 1. The van der Waals surface area contributed by atoms with Crippen molar-refractivity contribution in [3.8, 4) is 0 Å². The van der Waals surface area contributed by atoms with Crippen LogP contribution in [0.15, 0.2) is 48.6 Å². The Hall–Kier alpha value is -1.61. The van der Waals surface area contributed by atoms with Gasteiger partial charge in [0.25, 0.3) is 0 Å². The topological polar surface area (TPSA) is 49.8 Å². The SMILES string of the molecule is CC[C@@H]1O[C@@H]1C/C=C\C/C=C\C/C=C\C/C=C\CCCC(=O)O. The van der Waals surface area contributed by atoms with Gasteiger partial charge in [0.05, 0.1) is 12.2 Å². The van der Waals surface area contributed by atoms with Gasteiger partial charge in [-0.05, 0) is 44.9 Å². The summed E-state index contributed by atoms with van der Waals surface area (Å²) in [5.74, 6) is -0.717. The lowest BCUT2D eigenvalue weighted by molar-refractivity contribution is -0.137. The molecule has 1 N–H and O–H groups in total. The molecular weight excluding hydrogens is 288 g/mol. The number of ether oxygens (including phenoxy) is 1. The van der Waals surface area contributed by atoms with E-state index in [1.54, 1.807) is 0 Å². The third-order valence-corrected chi connectivity index (χ3v) is 3.70. The summed E-state index contributed by atoms with van der Waals surface area (Å²) in [4.78, 5) is 10.3. The van der Waals surface area contributed by atoms with Crippen molar-refractivity contribution in [3.05, 3.63) is 48.6 Å². The normalized spacial score (nSPS) is 21.3. The van der Waals surface area contributed by atoms with Gasteiger partial charge < -0.3 is 9.84 Å². The van der Waals surface area contributed by atoms with Crippen LogP contribution in [0.3, 0.4) is 0 Å². The summed E-state index contributed by atoms with van der Waals surface area (Å²) in [7, 11) is 0. The number of carboxylic acids is 1. The molecule has 0 aromatic heterocycles. The Morgan fingerprint density at radius 1 is 0.913 bits per heavy atom. The van der Waals surface area contributed by atoms with Gasteiger partial charge in [-0.3, -0.25) is 4.79 Å². The molecule has 1 rings (SSSR count). The number of hydrogen-bond acceptors (Lipinski definition) is 2. The average Bonchev–Trinajstić information content (AvgIpc) is 3.29. The van der Waals surface area contributed by atoms with Gasteiger partial charge in [0.15, 0.2) is 0 Å². The molecule has 2 atom stereocenters. The standard InChI is InChI=1S/C20H30O3/c1-2-18-19(23-18)16-14-12-10-8-6-4-3-5-7-9-11-13-15-17-20(21)22/h3,5-6,8-9,11-12,14,18-19H,2,4,7,10,13,15-17H2,1H3,(H,21,22)/b5-3-,8-6-,11-9-,14-12-/t18-,19+/m0/s1. The lowest BCUT2D eigenvalue weighted by Gasteiger charge is -1.90. The van der Waals surface area contributed by atoms with Crippen LogP contribution in [0, 0.1) is 0 Å². The fraction of sp³-hybridized carbons (Fsp3) is 0.550. The highest BCUT2D eigenvalue weighted by atomic mass is 16.6. The van der Waals surface area contributed by atoms with Crippen molar-refractivity contribution in [1.82, 2.24) is 0 Å². The zero-order valence-electron chi connectivity index (χ0n) is 14.2. The summed E-state index contributed by atoms with van der Waals surface area (Å²) in [5.41, 5.74) is 0. The third kappa shape index (κ3) is 11.6. The van der Waals surface area contributed by atoms with Gasteiger partial charge in [0.2, 0.25) is 0 Å². The summed E-state index contributed by atoms with van der Waals surface area (Å²) in [6, 6.07) is 0. The lowest BCUT2D eigenvalue weighted by atomic mass is 10.2. The number of epoxide rings is 1. The van der Waals surface area contributed by atoms with E-state index in [-0.39, 0.29) is 6.42 Å². The van der Waals surface area contributed by atoms with Crippen molar-refractivity contribution in [2.24, 2.45) is 0 Å². The minimum absolute atomic E-state index is 0.256. The van der Waals surface area contributed by atoms with E-state index in [1.807, 2.05) is 0 Å². The van der Waals surface area contributed by atoms with E-state index in [4.69, 9.17) is 9.84 Å². The Morgan fingerprint density at radius 3 is 2.00 bits per heavy atom. The molecule has 0 radical (unpaired) electrons. The molecule has 0 spiro atoms. The Labute approximate surface area is 140 Å². The fourth-order valence-electron chi connectivity index (χ4n) is 2.28. The van der Waals surface area contributed by atoms with E-state index < -0.39 is 5.97 Å². The van der Waals surface area contributed by atoms with Crippen molar-refractivity contribution in [3.63, 3.8) is 0 Å². The van der Waals surface area contributed by atoms with E-state index in [2.05, 4.69) is 55.5 Å². The second kappa shape index (κ2) is 12.9. The zero-order chi connectivity index (χ0) is 16.8. The Morgan fingerprint density at radius 2 is 1.48 bits per heavy atom. The highest BCUT2D eigenvalue weighted by molar-refractivity contribution is 5.66. The predicted molar refractivity (Wildman–Crippen MR) is 95.5 cm³/mol. The van der Waals surface area contributed by atoms with Crippen LogP contribution in [0.1, 0.15) is 58.3 Å². The van der Waals surface area contributed by atoms with Gasteiger partial charge in [-0.25, -0.2) is 0 Å². The van der Waals surface area contributed by atoms with Gasteiger partial charge in [-0.15, -0.1) is 0 Å². The second-order valence-corrected chi connectivity index (χ2v) is 5.74. The number of carbonyl (C=O) groups is 1. The largest absolute Gasteiger partial charge is 0.481 e. The molecule has 23 heavy (non-hydrogen) atoms. The third-order valence-electron chi connectivity index (χ3n) is 3.70. The maximum atomic E-state index is 10.3. The van der Waals surface area contributed by atoms with E-state index in [9.17, 15) is 4.79 Å². The van der Waals surface area contributed by atoms with E-state index >= 15 is 0 Å². The quantitative estimate of drug-likeness (QED) is 0.288. The predicted octanol–water partition coefficient (Wildman–Crippen LogP) is 5.20. The summed E-state index contributed by atoms with van der Waals surface area (Å²) in [5, 5.41) is 8.50. The molecule has 0 amide bonds. The first kappa shape index (κ1) is 19.4. The maximum absolute atomic E-state index is 10.3. The monoisotopic (exact) mass is 318 g/mol. The van der Waals surface area contributed by atoms with Crippen molar-refractivity contribution in [2.75, 3.05) is 0 Å². The van der Waals surface area contributed by atoms with Crippen LogP contribution >= 0.6 is 0 Å². The number of rotatable bonds is 13. The Kier molecular flexibility index (Phi) is 10.9. The molecule has 3 nitrogen and oxygen atoms in total. The molecule has 1 heterocycles. The molecule has 0 aromatic carbocycles. The van der Waals surface area contributed by atoms with Gasteiger partial charge in [0, 0.05) is 6.42 Å². The average molecular weight is 318 g/mol. The van der Waals surface area contributed by atoms with Crippen LogP contribution in [0.25, 0.3) is 0 Å². The molecule has 0 aliphatic carbocycles. The van der Waals surface area contributed by atoms with Crippen molar-refractivity contribution < 1.29 is 14.6 Å². The Bertz CT molecular complexity index is 432. The molecule has 3 heteroatoms. The first-order chi connectivity index (χ1) is 11.2. The van der Waals surface area contributed by atoms with E-state index in [1.165, 1.54) is 0 Å². The number of unbranched alkanes of at least 4 members (excludes halogenated alkanes) is 1. The molecule has 0 bridgehead atoms. The first-order valence-corrected chi connectivity index (χ1v) is 8.71. The van der Waals surface area contributed by atoms with Gasteiger partial charge in [0.1, 0.15) is 0 Å².